The van der Waals surface area contributed by atoms with Crippen molar-refractivity contribution in [2.75, 3.05) is 6.54 Å². The number of nitrogens with one attached hydrogen (secondary N) is 1. The van der Waals surface area contributed by atoms with Crippen molar-refractivity contribution in [1.82, 2.24) is 5.32 Å². The number of hydrogen-bond donors (Lipinski definition) is 2. The van der Waals surface area contributed by atoms with Gasteiger partial charge in [-0.2, -0.15) is 0 Å². The molecule has 0 saturated heterocycles. The maximum absolute atomic E-state index is 14.1. The fourth-order valence-corrected chi connectivity index (χ4v) is 2.50. The standard InChI is InChI=1S/C14H19F2NO3/c1-10-5-6-11(20-10)12(18)17-9-14(15,16)13(19)7-3-2-4-8-13/h5-6,19H,2-4,7-9H2,1H3,(H,17,18). The number of hydrogen-bond acceptors (Lipinski definition) is 3. The highest BCUT2D eigenvalue weighted by atomic mass is 19.3. The second-order valence-corrected chi connectivity index (χ2v) is 5.39. The van der Waals surface area contributed by atoms with Gasteiger partial charge in [-0.25, -0.2) is 8.78 Å². The third kappa shape index (κ3) is 3.00. The summed E-state index contributed by atoms with van der Waals surface area (Å²) in [5, 5.41) is 12.2. The van der Waals surface area contributed by atoms with Crippen LogP contribution in [0.3, 0.4) is 0 Å². The molecular weight excluding hydrogens is 268 g/mol. The number of aryl methyl sites for hydroxylation is 1. The van der Waals surface area contributed by atoms with Crippen LogP contribution >= 0.6 is 0 Å². The van der Waals surface area contributed by atoms with Crippen molar-refractivity contribution in [3.05, 3.63) is 23.7 Å². The van der Waals surface area contributed by atoms with Crippen LogP contribution in [-0.2, 0) is 0 Å². The average Bonchev–Trinajstić information content (AvgIpc) is 2.83. The Morgan fingerprint density at radius 1 is 1.40 bits per heavy atom. The van der Waals surface area contributed by atoms with E-state index in [0.717, 1.165) is 6.42 Å². The smallest absolute Gasteiger partial charge is 0.293 e. The van der Waals surface area contributed by atoms with Gasteiger partial charge in [-0.3, -0.25) is 4.79 Å². The molecule has 0 unspecified atom stereocenters. The number of aliphatic hydroxyl groups is 1. The van der Waals surface area contributed by atoms with E-state index in [0.29, 0.717) is 18.6 Å². The Balaban J connectivity index is 1.96. The molecule has 1 aromatic rings. The highest BCUT2D eigenvalue weighted by Gasteiger charge is 2.52. The van der Waals surface area contributed by atoms with E-state index < -0.39 is 24.0 Å². The molecule has 2 N–H and O–H groups in total. The van der Waals surface area contributed by atoms with Crippen LogP contribution in [0.1, 0.15) is 48.4 Å². The molecule has 0 atom stereocenters. The van der Waals surface area contributed by atoms with E-state index in [9.17, 15) is 18.7 Å². The van der Waals surface area contributed by atoms with E-state index in [1.807, 2.05) is 0 Å². The Morgan fingerprint density at radius 2 is 2.05 bits per heavy atom. The summed E-state index contributed by atoms with van der Waals surface area (Å²) >= 11 is 0. The van der Waals surface area contributed by atoms with Gasteiger partial charge in [0.15, 0.2) is 5.76 Å². The molecule has 1 aromatic heterocycles. The molecule has 1 saturated carbocycles. The zero-order valence-electron chi connectivity index (χ0n) is 11.4. The summed E-state index contributed by atoms with van der Waals surface area (Å²) in [4.78, 5) is 11.7. The van der Waals surface area contributed by atoms with Crippen molar-refractivity contribution in [2.45, 2.75) is 50.6 Å². The van der Waals surface area contributed by atoms with Crippen molar-refractivity contribution < 1.29 is 23.1 Å². The van der Waals surface area contributed by atoms with Crippen LogP contribution < -0.4 is 5.32 Å². The predicted molar refractivity (Wildman–Crippen MR) is 68.8 cm³/mol. The molecule has 2 rings (SSSR count). The van der Waals surface area contributed by atoms with Crippen LogP contribution in [0.2, 0.25) is 0 Å². The van der Waals surface area contributed by atoms with E-state index in [-0.39, 0.29) is 18.6 Å². The topological polar surface area (TPSA) is 62.5 Å². The van der Waals surface area contributed by atoms with Gasteiger partial charge in [-0.1, -0.05) is 19.3 Å². The summed E-state index contributed by atoms with van der Waals surface area (Å²) in [6, 6.07) is 3.01. The highest BCUT2D eigenvalue weighted by molar-refractivity contribution is 5.91. The predicted octanol–water partition coefficient (Wildman–Crippen LogP) is 2.65. The zero-order chi connectivity index (χ0) is 14.8. The molecule has 1 aliphatic carbocycles. The van der Waals surface area contributed by atoms with Crippen LogP contribution in [0.25, 0.3) is 0 Å². The van der Waals surface area contributed by atoms with Crippen molar-refractivity contribution >= 4 is 5.91 Å². The van der Waals surface area contributed by atoms with Crippen molar-refractivity contribution in [2.24, 2.45) is 0 Å². The summed E-state index contributed by atoms with van der Waals surface area (Å²) in [7, 11) is 0. The van der Waals surface area contributed by atoms with Crippen molar-refractivity contribution in [3.8, 4) is 0 Å². The van der Waals surface area contributed by atoms with E-state index in [4.69, 9.17) is 4.42 Å². The van der Waals surface area contributed by atoms with Gasteiger partial charge < -0.3 is 14.8 Å². The van der Waals surface area contributed by atoms with Crippen molar-refractivity contribution in [1.29, 1.82) is 0 Å². The lowest BCUT2D eigenvalue weighted by atomic mass is 9.80. The number of amides is 1. The number of rotatable bonds is 4. The van der Waals surface area contributed by atoms with E-state index >= 15 is 0 Å². The van der Waals surface area contributed by atoms with Crippen LogP contribution in [0.15, 0.2) is 16.5 Å². The SMILES string of the molecule is Cc1ccc(C(=O)NCC(F)(F)C2(O)CCCCC2)o1. The van der Waals surface area contributed by atoms with Gasteiger partial charge >= 0.3 is 0 Å². The minimum absolute atomic E-state index is 0.00562. The lowest BCUT2D eigenvalue weighted by Crippen LogP contribution is -2.55. The van der Waals surface area contributed by atoms with Gasteiger partial charge in [-0.05, 0) is 31.9 Å². The molecule has 0 radical (unpaired) electrons. The van der Waals surface area contributed by atoms with Crippen LogP contribution in [-0.4, -0.2) is 29.1 Å². The molecule has 0 aliphatic heterocycles. The van der Waals surface area contributed by atoms with E-state index in [1.54, 1.807) is 13.0 Å². The van der Waals surface area contributed by atoms with Crippen LogP contribution in [0, 0.1) is 6.92 Å². The Hall–Kier alpha value is -1.43. The molecule has 0 aromatic carbocycles. The summed E-state index contributed by atoms with van der Waals surface area (Å²) in [6.45, 7) is 0.776. The van der Waals surface area contributed by atoms with Gasteiger partial charge in [0.25, 0.3) is 11.8 Å². The molecule has 4 nitrogen and oxygen atoms in total. The normalized spacial score (nSPS) is 18.8. The molecule has 1 heterocycles. The second-order valence-electron chi connectivity index (χ2n) is 5.39. The highest BCUT2D eigenvalue weighted by Crippen LogP contribution is 2.40. The van der Waals surface area contributed by atoms with Gasteiger partial charge in [0.2, 0.25) is 0 Å². The maximum atomic E-state index is 14.1. The summed E-state index contributed by atoms with van der Waals surface area (Å²) in [5.41, 5.74) is -2.02. The molecule has 1 fully saturated rings. The molecule has 1 aliphatic rings. The minimum atomic E-state index is -3.34. The number of halogens is 2. The molecule has 6 heteroatoms. The number of alkyl halides is 2. The number of carbonyl (C=O) groups excluding carboxylic acids is 1. The van der Waals surface area contributed by atoms with Crippen molar-refractivity contribution in [3.63, 3.8) is 0 Å². The Kier molecular flexibility index (Phi) is 4.13. The van der Waals surface area contributed by atoms with E-state index in [2.05, 4.69) is 5.32 Å². The first-order chi connectivity index (χ1) is 9.34. The maximum Gasteiger partial charge on any atom is 0.293 e. The molecule has 0 spiro atoms. The molecular formula is C14H19F2NO3. The Morgan fingerprint density at radius 3 is 2.60 bits per heavy atom. The third-order valence-corrected chi connectivity index (χ3v) is 3.80. The molecule has 20 heavy (non-hydrogen) atoms. The van der Waals surface area contributed by atoms with E-state index in [1.165, 1.54) is 6.07 Å². The summed E-state index contributed by atoms with van der Waals surface area (Å²) in [5.74, 6) is -3.51. The monoisotopic (exact) mass is 287 g/mol. The van der Waals surface area contributed by atoms with Gasteiger partial charge in [0.05, 0.1) is 6.54 Å². The van der Waals surface area contributed by atoms with Gasteiger partial charge in [0, 0.05) is 0 Å². The van der Waals surface area contributed by atoms with Gasteiger partial charge in [0.1, 0.15) is 11.4 Å². The van der Waals surface area contributed by atoms with Crippen LogP contribution in [0.4, 0.5) is 8.78 Å². The molecule has 112 valence electrons. The fourth-order valence-electron chi connectivity index (χ4n) is 2.50. The lowest BCUT2D eigenvalue weighted by Gasteiger charge is -2.38. The number of furan rings is 1. The van der Waals surface area contributed by atoms with Crippen LogP contribution in [0.5, 0.6) is 0 Å². The lowest BCUT2D eigenvalue weighted by molar-refractivity contribution is -0.191. The quantitative estimate of drug-likeness (QED) is 0.895. The second kappa shape index (κ2) is 5.52. The molecule has 1 amide bonds. The number of carbonyl (C=O) groups is 1. The Bertz CT molecular complexity index is 479. The summed E-state index contributed by atoms with van der Waals surface area (Å²) < 4.78 is 33.2. The first kappa shape index (κ1) is 15.0. The summed E-state index contributed by atoms with van der Waals surface area (Å²) in [6.07, 6.45) is 2.15. The first-order valence-electron chi connectivity index (χ1n) is 6.79. The third-order valence-electron chi connectivity index (χ3n) is 3.80. The zero-order valence-corrected chi connectivity index (χ0v) is 11.4. The average molecular weight is 287 g/mol. The minimum Gasteiger partial charge on any atom is -0.456 e. The Labute approximate surface area is 116 Å². The molecule has 0 bridgehead atoms. The largest absolute Gasteiger partial charge is 0.456 e. The first-order valence-corrected chi connectivity index (χ1v) is 6.79. The van der Waals surface area contributed by atoms with Gasteiger partial charge in [-0.15, -0.1) is 0 Å². The fraction of sp³-hybridized carbons (Fsp3) is 0.643.